The van der Waals surface area contributed by atoms with Crippen LogP contribution in [0.2, 0.25) is 0 Å². The first kappa shape index (κ1) is 17.3. The molecular weight excluding hydrogens is 358 g/mol. The second kappa shape index (κ2) is 7.28. The molecule has 2 aromatic heterocycles. The number of nitrogens with zero attached hydrogens (tertiary/aromatic N) is 3. The van der Waals surface area contributed by atoms with Crippen LogP contribution in [0.4, 0.5) is 13.6 Å². The van der Waals surface area contributed by atoms with Gasteiger partial charge in [0.1, 0.15) is 35.7 Å². The lowest BCUT2D eigenvalue weighted by Crippen LogP contribution is -2.42. The molecule has 4 rings (SSSR count). The van der Waals surface area contributed by atoms with E-state index in [2.05, 4.69) is 15.0 Å². The highest BCUT2D eigenvalue weighted by Gasteiger charge is 2.28. The molecular formula is C18H16F2N4O3. The average molecular weight is 374 g/mol. The Bertz CT molecular complexity index is 945. The Labute approximate surface area is 152 Å². The molecule has 1 aromatic carbocycles. The smallest absolute Gasteiger partial charge is 0.410 e. The number of hydrogen-bond acceptors (Lipinski definition) is 5. The van der Waals surface area contributed by atoms with E-state index in [0.717, 1.165) is 12.1 Å². The van der Waals surface area contributed by atoms with Crippen LogP contribution in [0.5, 0.6) is 0 Å². The number of H-pyrrole nitrogens is 1. The number of benzene rings is 1. The number of hydrogen-bond donors (Lipinski definition) is 1. The molecule has 3 aromatic rings. The highest BCUT2D eigenvalue weighted by atomic mass is 19.1. The number of nitrogens with one attached hydrogen (secondary N) is 1. The maximum Gasteiger partial charge on any atom is 0.410 e. The highest BCUT2D eigenvalue weighted by Crippen LogP contribution is 2.22. The lowest BCUT2D eigenvalue weighted by molar-refractivity contribution is -0.0331. The Morgan fingerprint density at radius 1 is 1.37 bits per heavy atom. The number of rotatable bonds is 3. The first-order valence-electron chi connectivity index (χ1n) is 8.38. The van der Waals surface area contributed by atoms with Crippen molar-refractivity contribution in [1.82, 2.24) is 19.9 Å². The summed E-state index contributed by atoms with van der Waals surface area (Å²) in [6.45, 7) is 0.626. The summed E-state index contributed by atoms with van der Waals surface area (Å²) in [4.78, 5) is 25.5. The van der Waals surface area contributed by atoms with Gasteiger partial charge in [0, 0.05) is 24.4 Å². The summed E-state index contributed by atoms with van der Waals surface area (Å²) in [6, 6.07) is 6.74. The molecule has 7 nitrogen and oxygen atoms in total. The quantitative estimate of drug-likeness (QED) is 0.762. The van der Waals surface area contributed by atoms with E-state index in [1.165, 1.54) is 11.0 Å². The Morgan fingerprint density at radius 2 is 2.26 bits per heavy atom. The van der Waals surface area contributed by atoms with Crippen molar-refractivity contribution in [2.75, 3.05) is 19.7 Å². The molecule has 1 saturated heterocycles. The SMILES string of the molecule is O=C(OCc1ccc(F)cc1F)N1CCO[C@H](c2nc3cccnc3[nH]2)C1. The number of aromatic amines is 1. The third-order valence-corrected chi connectivity index (χ3v) is 4.27. The lowest BCUT2D eigenvalue weighted by atomic mass is 10.2. The van der Waals surface area contributed by atoms with Gasteiger partial charge < -0.3 is 19.4 Å². The van der Waals surface area contributed by atoms with Crippen molar-refractivity contribution in [3.63, 3.8) is 0 Å². The van der Waals surface area contributed by atoms with Crippen LogP contribution in [0.25, 0.3) is 11.2 Å². The van der Waals surface area contributed by atoms with E-state index in [-0.39, 0.29) is 18.7 Å². The van der Waals surface area contributed by atoms with Crippen molar-refractivity contribution in [1.29, 1.82) is 0 Å². The molecule has 1 fully saturated rings. The fraction of sp³-hybridized carbons (Fsp3) is 0.278. The standard InChI is InChI=1S/C18H16F2N4O3/c19-12-4-3-11(13(20)8-12)10-27-18(25)24-6-7-26-15(9-24)17-22-14-2-1-5-21-16(14)23-17/h1-5,8,15H,6-7,9-10H2,(H,21,22,23)/t15-/m0/s1. The van der Waals surface area contributed by atoms with E-state index in [9.17, 15) is 13.6 Å². The molecule has 9 heteroatoms. The van der Waals surface area contributed by atoms with Crippen LogP contribution in [0.3, 0.4) is 0 Å². The predicted octanol–water partition coefficient (Wildman–Crippen LogP) is 2.95. The molecule has 27 heavy (non-hydrogen) atoms. The molecule has 0 radical (unpaired) electrons. The van der Waals surface area contributed by atoms with Crippen molar-refractivity contribution in [3.8, 4) is 0 Å². The molecule has 1 N–H and O–H groups in total. The van der Waals surface area contributed by atoms with E-state index < -0.39 is 23.8 Å². The molecule has 140 valence electrons. The molecule has 0 saturated carbocycles. The molecule has 1 amide bonds. The van der Waals surface area contributed by atoms with E-state index in [1.54, 1.807) is 12.3 Å². The van der Waals surface area contributed by atoms with Crippen molar-refractivity contribution in [2.45, 2.75) is 12.7 Å². The zero-order valence-electron chi connectivity index (χ0n) is 14.2. The van der Waals surface area contributed by atoms with Gasteiger partial charge in [-0.25, -0.2) is 23.5 Å². The monoisotopic (exact) mass is 374 g/mol. The molecule has 3 heterocycles. The number of fused-ring (bicyclic) bond motifs is 1. The summed E-state index contributed by atoms with van der Waals surface area (Å²) in [6.07, 6.45) is 0.619. The van der Waals surface area contributed by atoms with Gasteiger partial charge in [-0.05, 0) is 24.3 Å². The fourth-order valence-electron chi connectivity index (χ4n) is 2.86. The molecule has 0 spiro atoms. The minimum absolute atomic E-state index is 0.109. The number of morpholine rings is 1. The van der Waals surface area contributed by atoms with Gasteiger partial charge in [-0.3, -0.25) is 0 Å². The molecule has 1 aliphatic rings. The van der Waals surface area contributed by atoms with Gasteiger partial charge in [0.15, 0.2) is 5.65 Å². The van der Waals surface area contributed by atoms with Gasteiger partial charge in [0.25, 0.3) is 0 Å². The van der Waals surface area contributed by atoms with Gasteiger partial charge in [-0.2, -0.15) is 0 Å². The normalized spacial score (nSPS) is 17.3. The van der Waals surface area contributed by atoms with Crippen molar-refractivity contribution in [3.05, 3.63) is 59.6 Å². The summed E-state index contributed by atoms with van der Waals surface area (Å²) >= 11 is 0. The number of aromatic nitrogens is 3. The van der Waals surface area contributed by atoms with E-state index >= 15 is 0 Å². The average Bonchev–Trinajstić information content (AvgIpc) is 3.11. The predicted molar refractivity (Wildman–Crippen MR) is 90.7 cm³/mol. The molecule has 1 atom stereocenters. The molecule has 0 unspecified atom stereocenters. The van der Waals surface area contributed by atoms with Crippen LogP contribution in [0.1, 0.15) is 17.5 Å². The number of pyridine rings is 1. The Kier molecular flexibility index (Phi) is 4.68. The van der Waals surface area contributed by atoms with Gasteiger partial charge in [-0.1, -0.05) is 0 Å². The Balaban J connectivity index is 1.40. The summed E-state index contributed by atoms with van der Waals surface area (Å²) < 4.78 is 37.4. The minimum atomic E-state index is -0.752. The van der Waals surface area contributed by atoms with Crippen LogP contribution in [-0.4, -0.2) is 45.6 Å². The number of carbonyl (C=O) groups is 1. The Morgan fingerprint density at radius 3 is 3.07 bits per heavy atom. The van der Waals surface area contributed by atoms with Crippen LogP contribution in [-0.2, 0) is 16.1 Å². The zero-order chi connectivity index (χ0) is 18.8. The number of halogens is 2. The third kappa shape index (κ3) is 3.72. The number of ether oxygens (including phenoxy) is 2. The molecule has 1 aliphatic heterocycles. The molecule has 0 aliphatic carbocycles. The van der Waals surface area contributed by atoms with Gasteiger partial charge in [-0.15, -0.1) is 0 Å². The first-order valence-corrected chi connectivity index (χ1v) is 8.38. The summed E-state index contributed by atoms with van der Waals surface area (Å²) in [5.41, 5.74) is 1.46. The van der Waals surface area contributed by atoms with Gasteiger partial charge in [0.2, 0.25) is 0 Å². The summed E-state index contributed by atoms with van der Waals surface area (Å²) in [5, 5.41) is 0. The van der Waals surface area contributed by atoms with Crippen LogP contribution < -0.4 is 0 Å². The van der Waals surface area contributed by atoms with Crippen LogP contribution >= 0.6 is 0 Å². The second-order valence-electron chi connectivity index (χ2n) is 6.09. The third-order valence-electron chi connectivity index (χ3n) is 4.27. The summed E-state index contributed by atoms with van der Waals surface area (Å²) in [7, 11) is 0. The number of imidazole rings is 1. The van der Waals surface area contributed by atoms with E-state index in [1.807, 2.05) is 6.07 Å². The second-order valence-corrected chi connectivity index (χ2v) is 6.09. The van der Waals surface area contributed by atoms with Crippen molar-refractivity contribution >= 4 is 17.3 Å². The Hall–Kier alpha value is -3.07. The van der Waals surface area contributed by atoms with Crippen LogP contribution in [0.15, 0.2) is 36.5 Å². The fourth-order valence-corrected chi connectivity index (χ4v) is 2.86. The minimum Gasteiger partial charge on any atom is -0.444 e. The maximum absolute atomic E-state index is 13.6. The van der Waals surface area contributed by atoms with E-state index in [0.29, 0.717) is 30.1 Å². The molecule has 0 bridgehead atoms. The highest BCUT2D eigenvalue weighted by molar-refractivity contribution is 5.70. The number of amides is 1. The summed E-state index contributed by atoms with van der Waals surface area (Å²) in [5.74, 6) is -0.859. The maximum atomic E-state index is 13.6. The van der Waals surface area contributed by atoms with Crippen LogP contribution in [0, 0.1) is 11.6 Å². The van der Waals surface area contributed by atoms with E-state index in [4.69, 9.17) is 9.47 Å². The first-order chi connectivity index (χ1) is 13.1. The van der Waals surface area contributed by atoms with Gasteiger partial charge in [0.05, 0.1) is 13.2 Å². The van der Waals surface area contributed by atoms with Crippen molar-refractivity contribution in [2.24, 2.45) is 0 Å². The zero-order valence-corrected chi connectivity index (χ0v) is 14.2. The number of carbonyl (C=O) groups excluding carboxylic acids is 1. The van der Waals surface area contributed by atoms with Gasteiger partial charge >= 0.3 is 6.09 Å². The largest absolute Gasteiger partial charge is 0.444 e. The van der Waals surface area contributed by atoms with Crippen molar-refractivity contribution < 1.29 is 23.0 Å². The lowest BCUT2D eigenvalue weighted by Gasteiger charge is -2.31. The topological polar surface area (TPSA) is 80.3 Å².